The maximum Gasteiger partial charge on any atom is 0.266 e. The van der Waals surface area contributed by atoms with Gasteiger partial charge in [0.15, 0.2) is 22.4 Å². The number of rotatable bonds is 5. The Morgan fingerprint density at radius 1 is 1.48 bits per heavy atom. The molecule has 2 N–H and O–H groups in total. The average Bonchev–Trinajstić information content (AvgIpc) is 3.11. The number of H-pyrrole nitrogens is 1. The lowest BCUT2D eigenvalue weighted by Gasteiger charge is -2.09. The van der Waals surface area contributed by atoms with Crippen molar-refractivity contribution in [3.63, 3.8) is 0 Å². The number of hydrogen-bond donors (Lipinski definition) is 2. The fraction of sp³-hybridized carbons (Fsp3) is 0.286. The van der Waals surface area contributed by atoms with Crippen molar-refractivity contribution in [1.82, 2.24) is 24.9 Å². The maximum absolute atomic E-state index is 11.8. The summed E-state index contributed by atoms with van der Waals surface area (Å²) in [6, 6.07) is 4.90. The van der Waals surface area contributed by atoms with Gasteiger partial charge in [0.2, 0.25) is 5.91 Å². The third kappa shape index (κ3) is 3.45. The van der Waals surface area contributed by atoms with E-state index in [2.05, 4.69) is 20.4 Å². The number of carbonyl (C=O) groups excluding carboxylic acids is 1. The molecule has 0 spiro atoms. The molecule has 120 valence electrons. The third-order valence-electron chi connectivity index (χ3n) is 2.85. The molecule has 8 nitrogen and oxygen atoms in total. The predicted octanol–water partition coefficient (Wildman–Crippen LogP) is 1.29. The van der Waals surface area contributed by atoms with Crippen LogP contribution in [-0.2, 0) is 4.79 Å². The molecule has 0 fully saturated rings. The Labute approximate surface area is 135 Å². The Hall–Kier alpha value is -2.55. The lowest BCUT2D eigenvalue weighted by molar-refractivity contribution is -0.119. The van der Waals surface area contributed by atoms with Crippen LogP contribution in [0.5, 0.6) is 0 Å². The Morgan fingerprint density at radius 2 is 2.30 bits per heavy atom. The first-order valence-corrected chi connectivity index (χ1v) is 7.97. The van der Waals surface area contributed by atoms with Crippen molar-refractivity contribution < 1.29 is 9.21 Å². The second-order valence-electron chi connectivity index (χ2n) is 5.13. The first-order valence-electron chi connectivity index (χ1n) is 6.99. The Morgan fingerprint density at radius 3 is 3.00 bits per heavy atom. The maximum atomic E-state index is 11.8. The van der Waals surface area contributed by atoms with Crippen molar-refractivity contribution in [2.45, 2.75) is 25.0 Å². The molecule has 3 aromatic rings. The number of carbonyl (C=O) groups is 1. The van der Waals surface area contributed by atoms with Gasteiger partial charge in [-0.15, -0.1) is 0 Å². The number of amides is 1. The van der Waals surface area contributed by atoms with Gasteiger partial charge in [0.25, 0.3) is 5.56 Å². The number of furan rings is 1. The summed E-state index contributed by atoms with van der Waals surface area (Å²) < 4.78 is 6.76. The summed E-state index contributed by atoms with van der Waals surface area (Å²) in [5, 5.41) is 5.88. The van der Waals surface area contributed by atoms with Crippen molar-refractivity contribution in [1.29, 1.82) is 0 Å². The van der Waals surface area contributed by atoms with E-state index >= 15 is 0 Å². The monoisotopic (exact) mass is 333 g/mol. The fourth-order valence-electron chi connectivity index (χ4n) is 1.99. The molecule has 0 aromatic carbocycles. The van der Waals surface area contributed by atoms with Gasteiger partial charge in [0.05, 0.1) is 12.0 Å². The van der Waals surface area contributed by atoms with Crippen LogP contribution in [0, 0.1) is 0 Å². The van der Waals surface area contributed by atoms with E-state index in [1.807, 2.05) is 13.8 Å². The van der Waals surface area contributed by atoms with Crippen molar-refractivity contribution in [3.05, 3.63) is 34.8 Å². The summed E-state index contributed by atoms with van der Waals surface area (Å²) in [5.41, 5.74) is 0.132. The summed E-state index contributed by atoms with van der Waals surface area (Å²) in [4.78, 5) is 32.0. The van der Waals surface area contributed by atoms with Crippen LogP contribution in [0.25, 0.3) is 17.2 Å². The molecule has 3 rings (SSSR count). The van der Waals surface area contributed by atoms with Gasteiger partial charge < -0.3 is 9.73 Å². The highest BCUT2D eigenvalue weighted by Crippen LogP contribution is 2.21. The second-order valence-corrected chi connectivity index (χ2v) is 6.07. The van der Waals surface area contributed by atoms with Crippen molar-refractivity contribution in [3.8, 4) is 11.6 Å². The highest BCUT2D eigenvalue weighted by molar-refractivity contribution is 7.99. The fourth-order valence-corrected chi connectivity index (χ4v) is 2.75. The summed E-state index contributed by atoms with van der Waals surface area (Å²) in [5.74, 6) is 0.934. The number of aromatic amines is 1. The number of hydrogen-bond acceptors (Lipinski definition) is 6. The van der Waals surface area contributed by atoms with E-state index in [1.54, 1.807) is 12.1 Å². The third-order valence-corrected chi connectivity index (χ3v) is 3.79. The number of nitrogens with zero attached hydrogens (tertiary/aromatic N) is 3. The first-order chi connectivity index (χ1) is 11.0. The van der Waals surface area contributed by atoms with Gasteiger partial charge in [-0.1, -0.05) is 11.8 Å². The molecule has 0 aliphatic carbocycles. The molecule has 3 aromatic heterocycles. The first kappa shape index (κ1) is 15.3. The molecular weight excluding hydrogens is 318 g/mol. The van der Waals surface area contributed by atoms with Gasteiger partial charge >= 0.3 is 0 Å². The predicted molar refractivity (Wildman–Crippen MR) is 85.3 cm³/mol. The molecule has 0 saturated heterocycles. The van der Waals surface area contributed by atoms with E-state index in [-0.39, 0.29) is 23.3 Å². The molecular formula is C14H15N5O3S. The zero-order chi connectivity index (χ0) is 16.4. The number of thioether (sulfide) groups is 1. The standard InChI is InChI=1S/C14H15N5O3S/c1-8(2)15-12(21)7-23-14-17-13(9-4-3-5-22-9)16-10-6-11(20)18-19(10)14/h3-6,8H,7H2,1-2H3,(H,15,21)(H,18,20). The van der Waals surface area contributed by atoms with Crippen LogP contribution in [0.2, 0.25) is 0 Å². The van der Waals surface area contributed by atoms with Crippen molar-refractivity contribution >= 4 is 23.3 Å². The van der Waals surface area contributed by atoms with Crippen LogP contribution in [-0.4, -0.2) is 37.3 Å². The van der Waals surface area contributed by atoms with Gasteiger partial charge in [-0.2, -0.15) is 4.98 Å². The Kier molecular flexibility index (Phi) is 4.20. The molecule has 0 saturated carbocycles. The van der Waals surface area contributed by atoms with Crippen LogP contribution < -0.4 is 10.9 Å². The zero-order valence-electron chi connectivity index (χ0n) is 12.6. The van der Waals surface area contributed by atoms with Crippen LogP contribution in [0.15, 0.2) is 38.8 Å². The van der Waals surface area contributed by atoms with Gasteiger partial charge in [-0.05, 0) is 26.0 Å². The summed E-state index contributed by atoms with van der Waals surface area (Å²) in [6.07, 6.45) is 1.52. The minimum absolute atomic E-state index is 0.0681. The van der Waals surface area contributed by atoms with Gasteiger partial charge in [-0.3, -0.25) is 14.7 Å². The van der Waals surface area contributed by atoms with Gasteiger partial charge in [0, 0.05) is 12.1 Å². The van der Waals surface area contributed by atoms with Crippen LogP contribution >= 0.6 is 11.8 Å². The molecule has 1 amide bonds. The van der Waals surface area contributed by atoms with E-state index in [0.717, 1.165) is 0 Å². The summed E-state index contributed by atoms with van der Waals surface area (Å²) in [6.45, 7) is 3.79. The van der Waals surface area contributed by atoms with Crippen molar-refractivity contribution in [2.75, 3.05) is 5.75 Å². The van der Waals surface area contributed by atoms with E-state index in [0.29, 0.717) is 22.4 Å². The minimum Gasteiger partial charge on any atom is -0.461 e. The normalized spacial score (nSPS) is 11.3. The smallest absolute Gasteiger partial charge is 0.266 e. The van der Waals surface area contributed by atoms with Gasteiger partial charge in [0.1, 0.15) is 0 Å². The van der Waals surface area contributed by atoms with Crippen LogP contribution in [0.4, 0.5) is 0 Å². The van der Waals surface area contributed by atoms with E-state index in [1.165, 1.54) is 28.6 Å². The van der Waals surface area contributed by atoms with E-state index < -0.39 is 0 Å². The van der Waals surface area contributed by atoms with Crippen molar-refractivity contribution in [2.24, 2.45) is 0 Å². The largest absolute Gasteiger partial charge is 0.461 e. The average molecular weight is 333 g/mol. The molecule has 0 aliphatic heterocycles. The van der Waals surface area contributed by atoms with Crippen LogP contribution in [0.1, 0.15) is 13.8 Å². The molecule has 3 heterocycles. The van der Waals surface area contributed by atoms with E-state index in [4.69, 9.17) is 4.42 Å². The molecule has 9 heteroatoms. The molecule has 0 unspecified atom stereocenters. The number of aromatic nitrogens is 4. The molecule has 0 atom stereocenters. The molecule has 0 aliphatic rings. The second kappa shape index (κ2) is 6.29. The van der Waals surface area contributed by atoms with Crippen LogP contribution in [0.3, 0.4) is 0 Å². The Bertz CT molecular complexity index is 882. The zero-order valence-corrected chi connectivity index (χ0v) is 13.4. The minimum atomic E-state index is -0.288. The lowest BCUT2D eigenvalue weighted by Crippen LogP contribution is -2.31. The summed E-state index contributed by atoms with van der Waals surface area (Å²) in [7, 11) is 0. The SMILES string of the molecule is CC(C)NC(=O)CSc1nc(-c2ccco2)nc2cc(=O)[nH]n12. The summed E-state index contributed by atoms with van der Waals surface area (Å²) >= 11 is 1.21. The highest BCUT2D eigenvalue weighted by atomic mass is 32.2. The topological polar surface area (TPSA) is 105 Å². The lowest BCUT2D eigenvalue weighted by atomic mass is 10.4. The number of nitrogens with one attached hydrogen (secondary N) is 2. The van der Waals surface area contributed by atoms with Gasteiger partial charge in [-0.25, -0.2) is 9.50 Å². The number of fused-ring (bicyclic) bond motifs is 1. The molecule has 0 radical (unpaired) electrons. The van der Waals surface area contributed by atoms with E-state index in [9.17, 15) is 9.59 Å². The molecule has 23 heavy (non-hydrogen) atoms. The molecule has 0 bridgehead atoms. The highest BCUT2D eigenvalue weighted by Gasteiger charge is 2.14. The quantitative estimate of drug-likeness (QED) is 0.682. The Balaban J connectivity index is 1.94.